The maximum atomic E-state index is 5.90. The zero-order valence-electron chi connectivity index (χ0n) is 12.1. The first kappa shape index (κ1) is 13.5. The van der Waals surface area contributed by atoms with Gasteiger partial charge in [-0.25, -0.2) is 9.97 Å². The zero-order chi connectivity index (χ0) is 14.0. The largest absolute Gasteiger partial charge is 0.383 e. The smallest absolute Gasteiger partial charge is 0.161 e. The van der Waals surface area contributed by atoms with Crippen LogP contribution in [0.15, 0.2) is 24.3 Å². The summed E-state index contributed by atoms with van der Waals surface area (Å²) >= 11 is 0. The number of benzene rings is 1. The van der Waals surface area contributed by atoms with E-state index in [9.17, 15) is 0 Å². The number of nitrogen functional groups attached to an aromatic ring is 1. The van der Waals surface area contributed by atoms with Crippen LogP contribution in [0.3, 0.4) is 0 Å². The highest BCUT2D eigenvalue weighted by Gasteiger charge is 2.07. The van der Waals surface area contributed by atoms with Crippen molar-refractivity contribution >= 4 is 5.82 Å². The molecule has 100 valence electrons. The lowest BCUT2D eigenvalue weighted by Gasteiger charge is -2.08. The summed E-state index contributed by atoms with van der Waals surface area (Å²) in [4.78, 5) is 8.86. The molecule has 2 rings (SSSR count). The van der Waals surface area contributed by atoms with Crippen LogP contribution >= 0.6 is 0 Å². The molecule has 3 nitrogen and oxygen atoms in total. The molecule has 0 unspecified atom stereocenters. The number of nitrogens with two attached hydrogens (primary N) is 1. The standard InChI is InChI=1S/C16H21N3/c1-10(2)9-13-5-7-14(8-6-13)16-18-12(4)11(3)15(17)19-16/h5-8,10H,9H2,1-4H3,(H2,17,18,19). The highest BCUT2D eigenvalue weighted by Crippen LogP contribution is 2.21. The molecule has 0 radical (unpaired) electrons. The Morgan fingerprint density at radius 2 is 1.68 bits per heavy atom. The molecule has 0 spiro atoms. The lowest BCUT2D eigenvalue weighted by atomic mass is 10.0. The van der Waals surface area contributed by atoms with Gasteiger partial charge in [0.2, 0.25) is 0 Å². The van der Waals surface area contributed by atoms with Gasteiger partial charge >= 0.3 is 0 Å². The van der Waals surface area contributed by atoms with Gasteiger partial charge in [-0.2, -0.15) is 0 Å². The van der Waals surface area contributed by atoms with Gasteiger partial charge in [-0.15, -0.1) is 0 Å². The summed E-state index contributed by atoms with van der Waals surface area (Å²) in [5.41, 5.74) is 10.2. The summed E-state index contributed by atoms with van der Waals surface area (Å²) < 4.78 is 0. The summed E-state index contributed by atoms with van der Waals surface area (Å²) in [5, 5.41) is 0. The molecule has 0 aliphatic rings. The Hall–Kier alpha value is -1.90. The maximum absolute atomic E-state index is 5.90. The van der Waals surface area contributed by atoms with Crippen LogP contribution in [0.4, 0.5) is 5.82 Å². The average molecular weight is 255 g/mol. The van der Waals surface area contributed by atoms with Crippen LogP contribution in [0.2, 0.25) is 0 Å². The van der Waals surface area contributed by atoms with Gasteiger partial charge in [0.15, 0.2) is 5.82 Å². The predicted octanol–water partition coefficient (Wildman–Crippen LogP) is 3.54. The second-order valence-corrected chi connectivity index (χ2v) is 5.44. The van der Waals surface area contributed by atoms with Gasteiger partial charge in [0, 0.05) is 16.8 Å². The van der Waals surface area contributed by atoms with E-state index in [-0.39, 0.29) is 0 Å². The molecule has 0 amide bonds. The molecule has 0 saturated heterocycles. The van der Waals surface area contributed by atoms with Crippen LogP contribution < -0.4 is 5.73 Å². The Balaban J connectivity index is 2.32. The topological polar surface area (TPSA) is 51.8 Å². The summed E-state index contributed by atoms with van der Waals surface area (Å²) in [6.45, 7) is 8.35. The minimum Gasteiger partial charge on any atom is -0.383 e. The van der Waals surface area contributed by atoms with E-state index < -0.39 is 0 Å². The SMILES string of the molecule is Cc1nc(-c2ccc(CC(C)C)cc2)nc(N)c1C. The number of hydrogen-bond acceptors (Lipinski definition) is 3. The number of hydrogen-bond donors (Lipinski definition) is 1. The minimum atomic E-state index is 0.564. The number of nitrogens with zero attached hydrogens (tertiary/aromatic N) is 2. The van der Waals surface area contributed by atoms with E-state index in [0.29, 0.717) is 17.6 Å². The summed E-state index contributed by atoms with van der Waals surface area (Å²) in [5.74, 6) is 1.94. The molecule has 2 N–H and O–H groups in total. The van der Waals surface area contributed by atoms with Gasteiger partial charge in [0.25, 0.3) is 0 Å². The van der Waals surface area contributed by atoms with E-state index in [0.717, 1.165) is 23.2 Å². The zero-order valence-corrected chi connectivity index (χ0v) is 12.1. The van der Waals surface area contributed by atoms with Crippen molar-refractivity contribution in [2.75, 3.05) is 5.73 Å². The van der Waals surface area contributed by atoms with E-state index >= 15 is 0 Å². The summed E-state index contributed by atoms with van der Waals surface area (Å²) in [6.07, 6.45) is 1.09. The molecule has 0 aliphatic heterocycles. The predicted molar refractivity (Wildman–Crippen MR) is 79.9 cm³/mol. The molecule has 0 saturated carbocycles. The monoisotopic (exact) mass is 255 g/mol. The summed E-state index contributed by atoms with van der Waals surface area (Å²) in [6, 6.07) is 8.43. The summed E-state index contributed by atoms with van der Waals surface area (Å²) in [7, 11) is 0. The number of anilines is 1. The highest BCUT2D eigenvalue weighted by atomic mass is 14.9. The Morgan fingerprint density at radius 1 is 1.05 bits per heavy atom. The molecule has 19 heavy (non-hydrogen) atoms. The Morgan fingerprint density at radius 3 is 2.21 bits per heavy atom. The molecular weight excluding hydrogens is 234 g/mol. The fourth-order valence-electron chi connectivity index (χ4n) is 2.04. The molecule has 1 heterocycles. The van der Waals surface area contributed by atoms with Gasteiger partial charge < -0.3 is 5.73 Å². The third-order valence-corrected chi connectivity index (χ3v) is 3.28. The first-order valence-electron chi connectivity index (χ1n) is 6.67. The molecule has 1 aromatic heterocycles. The average Bonchev–Trinajstić information content (AvgIpc) is 2.35. The Kier molecular flexibility index (Phi) is 3.84. The molecule has 2 aromatic rings. The van der Waals surface area contributed by atoms with Crippen LogP contribution in [0.1, 0.15) is 30.7 Å². The lowest BCUT2D eigenvalue weighted by Crippen LogP contribution is -2.02. The van der Waals surface area contributed by atoms with Gasteiger partial charge in [0.05, 0.1) is 0 Å². The third-order valence-electron chi connectivity index (χ3n) is 3.28. The molecule has 0 atom stereocenters. The van der Waals surface area contributed by atoms with E-state index in [1.807, 2.05) is 13.8 Å². The minimum absolute atomic E-state index is 0.564. The molecule has 0 bridgehead atoms. The van der Waals surface area contributed by atoms with E-state index in [1.54, 1.807) is 0 Å². The molecule has 1 aromatic carbocycles. The fraction of sp³-hybridized carbons (Fsp3) is 0.375. The van der Waals surface area contributed by atoms with Crippen molar-refractivity contribution in [3.63, 3.8) is 0 Å². The second-order valence-electron chi connectivity index (χ2n) is 5.44. The molecular formula is C16H21N3. The van der Waals surface area contributed by atoms with Crippen LogP contribution in [-0.4, -0.2) is 9.97 Å². The van der Waals surface area contributed by atoms with Crippen LogP contribution in [0.5, 0.6) is 0 Å². The Bertz CT molecular complexity index is 548. The van der Waals surface area contributed by atoms with Gasteiger partial charge in [-0.05, 0) is 31.7 Å². The first-order valence-corrected chi connectivity index (χ1v) is 6.67. The van der Waals surface area contributed by atoms with E-state index in [4.69, 9.17) is 5.73 Å². The molecule has 0 fully saturated rings. The first-order chi connectivity index (χ1) is 8.97. The normalized spacial score (nSPS) is 11.0. The van der Waals surface area contributed by atoms with Crippen molar-refractivity contribution in [2.24, 2.45) is 5.92 Å². The number of rotatable bonds is 3. The maximum Gasteiger partial charge on any atom is 0.161 e. The van der Waals surface area contributed by atoms with Gasteiger partial charge in [0.1, 0.15) is 5.82 Å². The van der Waals surface area contributed by atoms with E-state index in [2.05, 4.69) is 48.1 Å². The second kappa shape index (κ2) is 5.39. The van der Waals surface area contributed by atoms with E-state index in [1.165, 1.54) is 5.56 Å². The van der Waals surface area contributed by atoms with Crippen LogP contribution in [0, 0.1) is 19.8 Å². The van der Waals surface area contributed by atoms with Gasteiger partial charge in [-0.1, -0.05) is 38.1 Å². The van der Waals surface area contributed by atoms with Crippen molar-refractivity contribution in [3.05, 3.63) is 41.1 Å². The third kappa shape index (κ3) is 3.11. The quantitative estimate of drug-likeness (QED) is 0.912. The van der Waals surface area contributed by atoms with Crippen molar-refractivity contribution in [1.82, 2.24) is 9.97 Å². The lowest BCUT2D eigenvalue weighted by molar-refractivity contribution is 0.647. The van der Waals surface area contributed by atoms with Crippen LogP contribution in [-0.2, 0) is 6.42 Å². The number of aromatic nitrogens is 2. The Labute approximate surface area is 114 Å². The molecule has 0 aliphatic carbocycles. The van der Waals surface area contributed by atoms with Crippen molar-refractivity contribution in [1.29, 1.82) is 0 Å². The highest BCUT2D eigenvalue weighted by molar-refractivity contribution is 5.59. The van der Waals surface area contributed by atoms with Crippen molar-refractivity contribution in [3.8, 4) is 11.4 Å². The van der Waals surface area contributed by atoms with Crippen molar-refractivity contribution < 1.29 is 0 Å². The van der Waals surface area contributed by atoms with Crippen LogP contribution in [0.25, 0.3) is 11.4 Å². The van der Waals surface area contributed by atoms with Crippen molar-refractivity contribution in [2.45, 2.75) is 34.1 Å². The fourth-order valence-corrected chi connectivity index (χ4v) is 2.04. The number of aryl methyl sites for hydroxylation is 1. The molecule has 3 heteroatoms. The van der Waals surface area contributed by atoms with Gasteiger partial charge in [-0.3, -0.25) is 0 Å².